The number of amides is 2. The van der Waals surface area contributed by atoms with E-state index in [0.29, 0.717) is 21.3 Å². The van der Waals surface area contributed by atoms with E-state index in [1.807, 2.05) is 18.2 Å². The number of carbonyl (C=O) groups is 2. The minimum absolute atomic E-state index is 0.143. The molecule has 0 bridgehead atoms. The van der Waals surface area contributed by atoms with E-state index in [-0.39, 0.29) is 11.4 Å². The minimum Gasteiger partial charge on any atom is -0.273 e. The second-order valence-corrected chi connectivity index (χ2v) is 8.45. The van der Waals surface area contributed by atoms with Crippen LogP contribution in [0.5, 0.6) is 0 Å². The summed E-state index contributed by atoms with van der Waals surface area (Å²) in [6.07, 6.45) is -1.08. The molecule has 3 atom stereocenters. The largest absolute Gasteiger partial charge is 0.273 e. The Hall–Kier alpha value is -3.46. The Morgan fingerprint density at radius 1 is 0.879 bits per heavy atom. The Morgan fingerprint density at radius 3 is 2.21 bits per heavy atom. The summed E-state index contributed by atoms with van der Waals surface area (Å²) in [5, 5.41) is 13.3. The highest BCUT2D eigenvalue weighted by atomic mass is 35.5. The first-order chi connectivity index (χ1) is 15.9. The number of non-ortho nitro benzene ring substituents is 1. The lowest BCUT2D eigenvalue weighted by atomic mass is 9.90. The van der Waals surface area contributed by atoms with Crippen LogP contribution in [0.1, 0.15) is 11.6 Å². The van der Waals surface area contributed by atoms with Crippen molar-refractivity contribution in [3.63, 3.8) is 0 Å². The van der Waals surface area contributed by atoms with Crippen molar-refractivity contribution in [3.05, 3.63) is 98.5 Å². The molecule has 0 aromatic heterocycles. The van der Waals surface area contributed by atoms with Gasteiger partial charge < -0.3 is 0 Å². The quantitative estimate of drug-likeness (QED) is 0.296. The number of benzene rings is 3. The van der Waals surface area contributed by atoms with E-state index in [2.05, 4.69) is 0 Å². The Labute approximate surface area is 198 Å². The van der Waals surface area contributed by atoms with Gasteiger partial charge in [0.05, 0.1) is 22.3 Å². The first kappa shape index (κ1) is 21.4. The number of fused-ring (bicyclic) bond motifs is 1. The number of anilines is 2. The molecule has 0 aliphatic carbocycles. The zero-order valence-electron chi connectivity index (χ0n) is 16.8. The second-order valence-electron chi connectivity index (χ2n) is 7.61. The Morgan fingerprint density at radius 2 is 1.58 bits per heavy atom. The molecule has 2 aliphatic heterocycles. The van der Waals surface area contributed by atoms with Gasteiger partial charge in [0.2, 0.25) is 5.91 Å². The number of nitro benzene ring substituents is 1. The van der Waals surface area contributed by atoms with E-state index in [9.17, 15) is 19.7 Å². The van der Waals surface area contributed by atoms with Gasteiger partial charge in [-0.05, 0) is 42.0 Å². The van der Waals surface area contributed by atoms with Crippen molar-refractivity contribution in [3.8, 4) is 0 Å². The highest BCUT2D eigenvalue weighted by Crippen LogP contribution is 2.49. The first-order valence-corrected chi connectivity index (χ1v) is 10.7. The number of hydroxylamine groups is 1. The zero-order valence-corrected chi connectivity index (χ0v) is 18.3. The third-order valence-corrected chi connectivity index (χ3v) is 6.29. The molecule has 0 radical (unpaired) electrons. The van der Waals surface area contributed by atoms with E-state index in [4.69, 9.17) is 28.0 Å². The van der Waals surface area contributed by atoms with Gasteiger partial charge in [-0.3, -0.25) is 24.5 Å². The summed E-state index contributed by atoms with van der Waals surface area (Å²) in [7, 11) is 0. The van der Waals surface area contributed by atoms with Gasteiger partial charge >= 0.3 is 0 Å². The summed E-state index contributed by atoms with van der Waals surface area (Å²) in [5.74, 6) is -1.91. The molecule has 2 amide bonds. The smallest absolute Gasteiger partial charge is 0.269 e. The number of nitrogens with zero attached hydrogens (tertiary/aromatic N) is 3. The second kappa shape index (κ2) is 8.15. The van der Waals surface area contributed by atoms with E-state index < -0.39 is 34.8 Å². The van der Waals surface area contributed by atoms with Crippen LogP contribution in [0.25, 0.3) is 0 Å². The third-order valence-electron chi connectivity index (χ3n) is 5.73. The SMILES string of the molecule is O=C1[C@H]2[C@@H](ON(c3ccccc3)[C@H]2c2ccc(Cl)cc2Cl)C(=O)N1c1ccc([N+](=O)[O-])cc1. The molecular weight excluding hydrogens is 469 g/mol. The molecule has 0 unspecified atom stereocenters. The minimum atomic E-state index is -1.08. The number of carbonyl (C=O) groups excluding carboxylic acids is 2. The van der Waals surface area contributed by atoms with Crippen LogP contribution >= 0.6 is 23.2 Å². The maximum absolute atomic E-state index is 13.6. The van der Waals surface area contributed by atoms with E-state index in [1.165, 1.54) is 29.3 Å². The molecule has 0 N–H and O–H groups in total. The molecule has 0 spiro atoms. The summed E-state index contributed by atoms with van der Waals surface area (Å²) in [5.41, 5.74) is 1.34. The average Bonchev–Trinajstić information content (AvgIpc) is 3.30. The standard InChI is InChI=1S/C23H15Cl2N3O5/c24-13-6-11-17(18(25)12-13)20-19-21(33-27(20)15-4-2-1-3-5-15)23(30)26(22(19)29)14-7-9-16(10-8-14)28(31)32/h1-12,19-21H/t19-,20+,21-/m1/s1. The van der Waals surface area contributed by atoms with Crippen molar-refractivity contribution in [2.45, 2.75) is 12.1 Å². The average molecular weight is 484 g/mol. The highest BCUT2D eigenvalue weighted by Gasteiger charge is 2.60. The number of hydrogen-bond acceptors (Lipinski definition) is 6. The van der Waals surface area contributed by atoms with E-state index >= 15 is 0 Å². The fourth-order valence-corrected chi connectivity index (χ4v) is 4.77. The molecule has 8 nitrogen and oxygen atoms in total. The summed E-state index contributed by atoms with van der Waals surface area (Å²) in [6.45, 7) is 0. The molecule has 2 heterocycles. The van der Waals surface area contributed by atoms with E-state index in [0.717, 1.165) is 4.90 Å². The predicted molar refractivity (Wildman–Crippen MR) is 122 cm³/mol. The number of para-hydroxylation sites is 1. The van der Waals surface area contributed by atoms with Crippen LogP contribution < -0.4 is 9.96 Å². The van der Waals surface area contributed by atoms with Crippen LogP contribution in [-0.2, 0) is 14.4 Å². The van der Waals surface area contributed by atoms with Gasteiger partial charge in [-0.1, -0.05) is 47.5 Å². The topological polar surface area (TPSA) is 93.0 Å². The summed E-state index contributed by atoms with van der Waals surface area (Å²) < 4.78 is 0. The molecule has 2 saturated heterocycles. The number of nitro groups is 1. The Kier molecular flexibility index (Phi) is 5.28. The first-order valence-electron chi connectivity index (χ1n) is 9.95. The number of rotatable bonds is 4. The lowest BCUT2D eigenvalue weighted by Crippen LogP contribution is -2.37. The van der Waals surface area contributed by atoms with Crippen LogP contribution in [-0.4, -0.2) is 22.8 Å². The maximum atomic E-state index is 13.6. The van der Waals surface area contributed by atoms with Crippen molar-refractivity contribution < 1.29 is 19.3 Å². The Balaban J connectivity index is 1.58. The predicted octanol–water partition coefficient (Wildman–Crippen LogP) is 4.95. The molecule has 33 heavy (non-hydrogen) atoms. The van der Waals surface area contributed by atoms with Crippen molar-refractivity contribution in [2.75, 3.05) is 9.96 Å². The van der Waals surface area contributed by atoms with Gasteiger partial charge in [0.1, 0.15) is 5.92 Å². The van der Waals surface area contributed by atoms with Gasteiger partial charge in [0, 0.05) is 22.2 Å². The normalized spacial score (nSPS) is 22.1. The molecule has 2 fully saturated rings. The van der Waals surface area contributed by atoms with Gasteiger partial charge in [-0.15, -0.1) is 0 Å². The number of imide groups is 1. The van der Waals surface area contributed by atoms with Crippen LogP contribution in [0.2, 0.25) is 10.0 Å². The van der Waals surface area contributed by atoms with Gasteiger partial charge in [0.25, 0.3) is 11.6 Å². The summed E-state index contributed by atoms with van der Waals surface area (Å²) in [4.78, 5) is 44.3. The van der Waals surface area contributed by atoms with Gasteiger partial charge in [-0.25, -0.2) is 9.96 Å². The third kappa shape index (κ3) is 3.52. The van der Waals surface area contributed by atoms with Crippen molar-refractivity contribution >= 4 is 52.1 Å². The van der Waals surface area contributed by atoms with Gasteiger partial charge in [0.15, 0.2) is 6.10 Å². The molecule has 3 aromatic carbocycles. The lowest BCUT2D eigenvalue weighted by Gasteiger charge is -2.29. The molecule has 166 valence electrons. The van der Waals surface area contributed by atoms with Gasteiger partial charge in [-0.2, -0.15) is 0 Å². The van der Waals surface area contributed by atoms with Crippen LogP contribution in [0.3, 0.4) is 0 Å². The van der Waals surface area contributed by atoms with Crippen molar-refractivity contribution in [1.82, 2.24) is 0 Å². The number of hydrogen-bond donors (Lipinski definition) is 0. The molecule has 0 saturated carbocycles. The van der Waals surface area contributed by atoms with Crippen molar-refractivity contribution in [1.29, 1.82) is 0 Å². The molecule has 2 aliphatic rings. The van der Waals surface area contributed by atoms with Crippen molar-refractivity contribution in [2.24, 2.45) is 5.92 Å². The molecule has 5 rings (SSSR count). The fourth-order valence-electron chi connectivity index (χ4n) is 4.25. The Bertz CT molecular complexity index is 1270. The lowest BCUT2D eigenvalue weighted by molar-refractivity contribution is -0.384. The monoisotopic (exact) mass is 483 g/mol. The molecule has 10 heteroatoms. The summed E-state index contributed by atoms with van der Waals surface area (Å²) in [6, 6.07) is 18.6. The molecule has 3 aromatic rings. The van der Waals surface area contributed by atoms with Crippen LogP contribution in [0, 0.1) is 16.0 Å². The van der Waals surface area contributed by atoms with Crippen LogP contribution in [0.15, 0.2) is 72.8 Å². The number of halogens is 2. The molecular formula is C23H15Cl2N3O5. The van der Waals surface area contributed by atoms with Crippen LogP contribution in [0.4, 0.5) is 17.1 Å². The fraction of sp³-hybridized carbons (Fsp3) is 0.130. The highest BCUT2D eigenvalue weighted by molar-refractivity contribution is 6.35. The zero-order chi connectivity index (χ0) is 23.3. The van der Waals surface area contributed by atoms with E-state index in [1.54, 1.807) is 30.3 Å². The maximum Gasteiger partial charge on any atom is 0.269 e. The summed E-state index contributed by atoms with van der Waals surface area (Å²) >= 11 is 12.6.